The van der Waals surface area contributed by atoms with Crippen LogP contribution in [0.5, 0.6) is 0 Å². The molecule has 0 unspecified atom stereocenters. The summed E-state index contributed by atoms with van der Waals surface area (Å²) in [5.41, 5.74) is 0.586. The molecule has 2 rings (SSSR count). The van der Waals surface area contributed by atoms with Crippen LogP contribution in [0.3, 0.4) is 0 Å². The number of aromatic nitrogens is 2. The molecule has 5 heteroatoms. The van der Waals surface area contributed by atoms with Gasteiger partial charge in [0, 0.05) is 12.2 Å². The number of amides is 1. The molecule has 2 N–H and O–H groups in total. The molecule has 0 atom stereocenters. The van der Waals surface area contributed by atoms with Crippen molar-refractivity contribution in [3.05, 3.63) is 17.5 Å². The zero-order valence-corrected chi connectivity index (χ0v) is 14.4. The van der Waals surface area contributed by atoms with E-state index in [4.69, 9.17) is 0 Å². The molecule has 1 saturated carbocycles. The molecule has 1 aromatic rings. The first-order chi connectivity index (χ1) is 10.1. The number of carbonyl (C=O) groups is 1. The van der Waals surface area contributed by atoms with E-state index in [1.54, 1.807) is 0 Å². The van der Waals surface area contributed by atoms with Gasteiger partial charge in [-0.25, -0.2) is 0 Å². The SMILES string of the molecule is CC(C)c1cc(C(=O)NCC2(O)CCCC2)nn1C(C)(C)C. The molecule has 1 fully saturated rings. The Bertz CT molecular complexity index is 535. The first-order valence-electron chi connectivity index (χ1n) is 8.23. The van der Waals surface area contributed by atoms with E-state index in [1.807, 2.05) is 10.7 Å². The van der Waals surface area contributed by atoms with E-state index in [-0.39, 0.29) is 11.4 Å². The lowest BCUT2D eigenvalue weighted by molar-refractivity contribution is 0.0448. The molecular weight excluding hydrogens is 278 g/mol. The average molecular weight is 307 g/mol. The van der Waals surface area contributed by atoms with Crippen molar-refractivity contribution in [2.75, 3.05) is 6.54 Å². The number of hydrogen-bond donors (Lipinski definition) is 2. The van der Waals surface area contributed by atoms with Gasteiger partial charge in [-0.3, -0.25) is 9.48 Å². The maximum absolute atomic E-state index is 12.4. The Morgan fingerprint density at radius 3 is 2.45 bits per heavy atom. The van der Waals surface area contributed by atoms with Gasteiger partial charge in [-0.05, 0) is 45.6 Å². The molecular formula is C17H29N3O2. The molecule has 1 aliphatic carbocycles. The number of hydrogen-bond acceptors (Lipinski definition) is 3. The Morgan fingerprint density at radius 2 is 2.00 bits per heavy atom. The predicted molar refractivity (Wildman–Crippen MR) is 87.1 cm³/mol. The minimum Gasteiger partial charge on any atom is -0.388 e. The van der Waals surface area contributed by atoms with E-state index < -0.39 is 5.60 Å². The minimum atomic E-state index is -0.733. The lowest BCUT2D eigenvalue weighted by atomic mass is 10.0. The van der Waals surface area contributed by atoms with Crippen LogP contribution in [0.4, 0.5) is 0 Å². The van der Waals surface area contributed by atoms with Crippen molar-refractivity contribution in [1.29, 1.82) is 0 Å². The monoisotopic (exact) mass is 307 g/mol. The number of nitrogens with zero attached hydrogens (tertiary/aromatic N) is 2. The molecule has 1 amide bonds. The van der Waals surface area contributed by atoms with E-state index in [2.05, 4.69) is 45.0 Å². The zero-order valence-electron chi connectivity index (χ0n) is 14.4. The van der Waals surface area contributed by atoms with Crippen LogP contribution in [0.25, 0.3) is 0 Å². The minimum absolute atomic E-state index is 0.165. The largest absolute Gasteiger partial charge is 0.388 e. The van der Waals surface area contributed by atoms with Crippen LogP contribution in [-0.2, 0) is 5.54 Å². The quantitative estimate of drug-likeness (QED) is 0.899. The van der Waals surface area contributed by atoms with Gasteiger partial charge in [-0.15, -0.1) is 0 Å². The van der Waals surface area contributed by atoms with Crippen LogP contribution >= 0.6 is 0 Å². The van der Waals surface area contributed by atoms with Crippen molar-refractivity contribution in [3.8, 4) is 0 Å². The maximum Gasteiger partial charge on any atom is 0.271 e. The first-order valence-corrected chi connectivity index (χ1v) is 8.23. The van der Waals surface area contributed by atoms with Gasteiger partial charge in [-0.2, -0.15) is 5.10 Å². The van der Waals surface area contributed by atoms with Gasteiger partial charge in [0.05, 0.1) is 11.1 Å². The summed E-state index contributed by atoms with van der Waals surface area (Å²) in [6, 6.07) is 1.87. The van der Waals surface area contributed by atoms with Gasteiger partial charge in [-0.1, -0.05) is 26.7 Å². The standard InChI is InChI=1S/C17H29N3O2/c1-12(2)14-10-13(19-20(14)16(3,4)5)15(21)18-11-17(22)8-6-7-9-17/h10,12,22H,6-9,11H2,1-5H3,(H,18,21). The van der Waals surface area contributed by atoms with Crippen LogP contribution in [0.2, 0.25) is 0 Å². The highest BCUT2D eigenvalue weighted by Crippen LogP contribution is 2.29. The van der Waals surface area contributed by atoms with Gasteiger partial charge in [0.2, 0.25) is 0 Å². The summed E-state index contributed by atoms with van der Waals surface area (Å²) >= 11 is 0. The Hall–Kier alpha value is -1.36. The Morgan fingerprint density at radius 1 is 1.41 bits per heavy atom. The molecule has 0 saturated heterocycles. The second-order valence-electron chi connectivity index (χ2n) is 7.81. The number of rotatable bonds is 4. The Labute approximate surface area is 133 Å². The molecule has 0 bridgehead atoms. The number of aliphatic hydroxyl groups is 1. The number of nitrogens with one attached hydrogen (secondary N) is 1. The molecule has 0 radical (unpaired) electrons. The number of carbonyl (C=O) groups excluding carboxylic acids is 1. The highest BCUT2D eigenvalue weighted by atomic mass is 16.3. The van der Waals surface area contributed by atoms with Crippen molar-refractivity contribution < 1.29 is 9.90 Å². The van der Waals surface area contributed by atoms with E-state index >= 15 is 0 Å². The fraction of sp³-hybridized carbons (Fsp3) is 0.765. The van der Waals surface area contributed by atoms with E-state index in [9.17, 15) is 9.90 Å². The molecule has 0 aliphatic heterocycles. The predicted octanol–water partition coefficient (Wildman–Crippen LogP) is 2.80. The van der Waals surface area contributed by atoms with Crippen molar-refractivity contribution in [3.63, 3.8) is 0 Å². The van der Waals surface area contributed by atoms with Crippen LogP contribution in [-0.4, -0.2) is 32.9 Å². The molecule has 124 valence electrons. The molecule has 5 nitrogen and oxygen atoms in total. The van der Waals surface area contributed by atoms with Crippen LogP contribution in [0, 0.1) is 0 Å². The fourth-order valence-electron chi connectivity index (χ4n) is 3.00. The fourth-order valence-corrected chi connectivity index (χ4v) is 3.00. The van der Waals surface area contributed by atoms with Crippen LogP contribution in [0.15, 0.2) is 6.07 Å². The van der Waals surface area contributed by atoms with Gasteiger partial charge < -0.3 is 10.4 Å². The second kappa shape index (κ2) is 6.03. The van der Waals surface area contributed by atoms with E-state index in [0.29, 0.717) is 18.2 Å². The Balaban J connectivity index is 2.13. The molecule has 1 aromatic heterocycles. The summed E-state index contributed by atoms with van der Waals surface area (Å²) in [5, 5.41) is 17.7. The summed E-state index contributed by atoms with van der Waals surface area (Å²) in [6.07, 6.45) is 3.59. The van der Waals surface area contributed by atoms with Crippen molar-refractivity contribution in [1.82, 2.24) is 15.1 Å². The van der Waals surface area contributed by atoms with Crippen LogP contribution < -0.4 is 5.32 Å². The molecule has 1 heterocycles. The van der Waals surface area contributed by atoms with Gasteiger partial charge >= 0.3 is 0 Å². The molecule has 22 heavy (non-hydrogen) atoms. The van der Waals surface area contributed by atoms with Gasteiger partial charge in [0.25, 0.3) is 5.91 Å². The maximum atomic E-state index is 12.4. The third-order valence-electron chi connectivity index (χ3n) is 4.31. The van der Waals surface area contributed by atoms with Crippen molar-refractivity contribution in [2.45, 2.75) is 77.4 Å². The topological polar surface area (TPSA) is 67.2 Å². The lowest BCUT2D eigenvalue weighted by Crippen LogP contribution is -2.41. The molecule has 0 aromatic carbocycles. The van der Waals surface area contributed by atoms with Crippen molar-refractivity contribution in [2.24, 2.45) is 0 Å². The third kappa shape index (κ3) is 3.69. The summed E-state index contributed by atoms with van der Waals surface area (Å²) in [6.45, 7) is 10.7. The summed E-state index contributed by atoms with van der Waals surface area (Å²) < 4.78 is 1.93. The zero-order chi connectivity index (χ0) is 16.5. The van der Waals surface area contributed by atoms with E-state index in [0.717, 1.165) is 31.4 Å². The van der Waals surface area contributed by atoms with E-state index in [1.165, 1.54) is 0 Å². The van der Waals surface area contributed by atoms with Gasteiger partial charge in [0.1, 0.15) is 5.69 Å². The van der Waals surface area contributed by atoms with Crippen LogP contribution in [0.1, 0.15) is 82.4 Å². The molecule has 1 aliphatic rings. The highest BCUT2D eigenvalue weighted by molar-refractivity contribution is 5.92. The summed E-state index contributed by atoms with van der Waals surface area (Å²) in [4.78, 5) is 12.4. The molecule has 0 spiro atoms. The second-order valence-corrected chi connectivity index (χ2v) is 7.81. The lowest BCUT2D eigenvalue weighted by Gasteiger charge is -2.23. The van der Waals surface area contributed by atoms with Crippen molar-refractivity contribution >= 4 is 5.91 Å². The Kier molecular flexibility index (Phi) is 4.66. The highest BCUT2D eigenvalue weighted by Gasteiger charge is 2.32. The summed E-state index contributed by atoms with van der Waals surface area (Å²) in [7, 11) is 0. The average Bonchev–Trinajstić information content (AvgIpc) is 3.02. The van der Waals surface area contributed by atoms with Gasteiger partial charge in [0.15, 0.2) is 0 Å². The summed E-state index contributed by atoms with van der Waals surface area (Å²) in [5.74, 6) is 0.0949. The first kappa shape index (κ1) is 17.0. The normalized spacial score (nSPS) is 18.0. The smallest absolute Gasteiger partial charge is 0.271 e. The third-order valence-corrected chi connectivity index (χ3v) is 4.31.